The van der Waals surface area contributed by atoms with E-state index in [0.29, 0.717) is 65.7 Å². The Labute approximate surface area is 208 Å². The van der Waals surface area contributed by atoms with E-state index in [0.717, 1.165) is 19.6 Å². The van der Waals surface area contributed by atoms with Crippen molar-refractivity contribution in [3.8, 4) is 11.5 Å². The van der Waals surface area contributed by atoms with Crippen LogP contribution < -0.4 is 19.7 Å². The molecule has 0 saturated carbocycles. The first-order valence-electron chi connectivity index (χ1n) is 11.2. The highest BCUT2D eigenvalue weighted by atomic mass is 35.5. The van der Waals surface area contributed by atoms with Crippen molar-refractivity contribution in [2.75, 3.05) is 62.8 Å². The van der Waals surface area contributed by atoms with E-state index in [1.807, 2.05) is 0 Å². The molecule has 4 rings (SSSR count). The van der Waals surface area contributed by atoms with E-state index in [1.54, 1.807) is 41.3 Å². The Kier molecular flexibility index (Phi) is 8.50. The van der Waals surface area contributed by atoms with E-state index < -0.39 is 0 Å². The Morgan fingerprint density at radius 2 is 1.91 bits per heavy atom. The van der Waals surface area contributed by atoms with Gasteiger partial charge in [-0.1, -0.05) is 23.2 Å². The first-order chi connectivity index (χ1) is 16.5. The Balaban J connectivity index is 1.29. The third kappa shape index (κ3) is 6.54. The minimum Gasteiger partial charge on any atom is -0.492 e. The molecular formula is C24H27Cl2N3O5. The number of anilines is 2. The van der Waals surface area contributed by atoms with Gasteiger partial charge in [-0.15, -0.1) is 0 Å². The summed E-state index contributed by atoms with van der Waals surface area (Å²) < 4.78 is 16.6. The number of carbonyl (C=O) groups is 2. The van der Waals surface area contributed by atoms with Crippen LogP contribution in [0.25, 0.3) is 0 Å². The monoisotopic (exact) mass is 507 g/mol. The van der Waals surface area contributed by atoms with Crippen LogP contribution in [0.15, 0.2) is 36.4 Å². The maximum Gasteiger partial charge on any atom is 0.265 e. The predicted octanol–water partition coefficient (Wildman–Crippen LogP) is 3.85. The number of benzene rings is 2. The van der Waals surface area contributed by atoms with E-state index in [4.69, 9.17) is 37.4 Å². The zero-order valence-corrected chi connectivity index (χ0v) is 20.2. The molecule has 1 fully saturated rings. The molecule has 10 heteroatoms. The van der Waals surface area contributed by atoms with Crippen LogP contribution in [0.3, 0.4) is 0 Å². The largest absolute Gasteiger partial charge is 0.492 e. The summed E-state index contributed by atoms with van der Waals surface area (Å²) in [5.74, 6) is 0.923. The molecule has 0 radical (unpaired) electrons. The summed E-state index contributed by atoms with van der Waals surface area (Å²) in [6.45, 7) is 4.80. The van der Waals surface area contributed by atoms with Gasteiger partial charge >= 0.3 is 0 Å². The number of fused-ring (bicyclic) bond motifs is 1. The number of nitrogens with one attached hydrogen (secondary N) is 1. The maximum atomic E-state index is 12.5. The molecule has 0 aromatic heterocycles. The number of hydrogen-bond acceptors (Lipinski definition) is 6. The van der Waals surface area contributed by atoms with Crippen molar-refractivity contribution < 1.29 is 23.8 Å². The van der Waals surface area contributed by atoms with Crippen LogP contribution in [0.5, 0.6) is 11.5 Å². The first-order valence-corrected chi connectivity index (χ1v) is 12.0. The number of ether oxygens (including phenoxy) is 3. The quantitative estimate of drug-likeness (QED) is 0.519. The molecule has 2 aromatic carbocycles. The third-order valence-electron chi connectivity index (χ3n) is 5.63. The zero-order valence-electron chi connectivity index (χ0n) is 18.7. The molecule has 182 valence electrons. The van der Waals surface area contributed by atoms with Crippen molar-refractivity contribution in [1.82, 2.24) is 4.90 Å². The SMILES string of the molecule is O=C(CCCOc1ccc(Cl)cc1Cl)Nc1ccc2c(c1)N(CCN1CCOCC1)C(=O)CO2. The van der Waals surface area contributed by atoms with E-state index in [9.17, 15) is 9.59 Å². The number of halogens is 2. The van der Waals surface area contributed by atoms with Crippen LogP contribution in [-0.4, -0.2) is 69.3 Å². The molecule has 2 aliphatic heterocycles. The Hall–Kier alpha value is -2.52. The fourth-order valence-electron chi connectivity index (χ4n) is 3.82. The first kappa shape index (κ1) is 24.6. The van der Waals surface area contributed by atoms with Crippen molar-refractivity contribution in [3.63, 3.8) is 0 Å². The summed E-state index contributed by atoms with van der Waals surface area (Å²) in [5.41, 5.74) is 1.28. The van der Waals surface area contributed by atoms with Gasteiger partial charge in [-0.05, 0) is 42.8 Å². The van der Waals surface area contributed by atoms with Gasteiger partial charge in [0, 0.05) is 43.3 Å². The molecule has 2 aliphatic rings. The van der Waals surface area contributed by atoms with E-state index in [-0.39, 0.29) is 24.8 Å². The number of hydrogen-bond donors (Lipinski definition) is 1. The number of carbonyl (C=O) groups excluding carboxylic acids is 2. The molecule has 34 heavy (non-hydrogen) atoms. The van der Waals surface area contributed by atoms with Gasteiger partial charge in [-0.2, -0.15) is 0 Å². The number of rotatable bonds is 9. The average molecular weight is 508 g/mol. The number of morpholine rings is 1. The molecule has 0 bridgehead atoms. The summed E-state index contributed by atoms with van der Waals surface area (Å²) in [6, 6.07) is 10.4. The molecular weight excluding hydrogens is 481 g/mol. The molecule has 1 saturated heterocycles. The lowest BCUT2D eigenvalue weighted by Gasteiger charge is -2.33. The molecule has 0 atom stereocenters. The van der Waals surface area contributed by atoms with Crippen LogP contribution in [0, 0.1) is 0 Å². The molecule has 1 N–H and O–H groups in total. The summed E-state index contributed by atoms with van der Waals surface area (Å²) >= 11 is 12.0. The molecule has 0 aliphatic carbocycles. The number of nitrogens with zero attached hydrogens (tertiary/aromatic N) is 2. The highest BCUT2D eigenvalue weighted by Crippen LogP contribution is 2.34. The van der Waals surface area contributed by atoms with Gasteiger partial charge in [0.2, 0.25) is 5.91 Å². The van der Waals surface area contributed by atoms with Gasteiger partial charge in [0.15, 0.2) is 6.61 Å². The minimum atomic E-state index is -0.145. The zero-order chi connectivity index (χ0) is 23.9. The highest BCUT2D eigenvalue weighted by molar-refractivity contribution is 6.35. The fraction of sp³-hybridized carbons (Fsp3) is 0.417. The van der Waals surface area contributed by atoms with Crippen LogP contribution in [0.4, 0.5) is 11.4 Å². The molecule has 2 amide bonds. The molecule has 8 nitrogen and oxygen atoms in total. The Morgan fingerprint density at radius 3 is 2.71 bits per heavy atom. The second kappa shape index (κ2) is 11.8. The normalized spacial score (nSPS) is 16.1. The van der Waals surface area contributed by atoms with E-state index in [2.05, 4.69) is 10.2 Å². The van der Waals surface area contributed by atoms with Gasteiger partial charge < -0.3 is 24.4 Å². The molecule has 0 spiro atoms. The second-order valence-electron chi connectivity index (χ2n) is 8.05. The van der Waals surface area contributed by atoms with Crippen molar-refractivity contribution in [3.05, 3.63) is 46.4 Å². The smallest absolute Gasteiger partial charge is 0.265 e. The highest BCUT2D eigenvalue weighted by Gasteiger charge is 2.26. The van der Waals surface area contributed by atoms with Crippen molar-refractivity contribution in [1.29, 1.82) is 0 Å². The lowest BCUT2D eigenvalue weighted by atomic mass is 10.2. The summed E-state index contributed by atoms with van der Waals surface area (Å²) in [7, 11) is 0. The minimum absolute atomic E-state index is 0.0133. The van der Waals surface area contributed by atoms with Crippen molar-refractivity contribution >= 4 is 46.4 Å². The van der Waals surface area contributed by atoms with E-state index >= 15 is 0 Å². The lowest BCUT2D eigenvalue weighted by Crippen LogP contribution is -2.45. The molecule has 2 aromatic rings. The third-order valence-corrected chi connectivity index (χ3v) is 6.16. The van der Waals surface area contributed by atoms with Crippen molar-refractivity contribution in [2.24, 2.45) is 0 Å². The molecule has 2 heterocycles. The summed E-state index contributed by atoms with van der Waals surface area (Å²) in [5, 5.41) is 3.86. The van der Waals surface area contributed by atoms with Crippen molar-refractivity contribution in [2.45, 2.75) is 12.8 Å². The van der Waals surface area contributed by atoms with Crippen LogP contribution in [0.2, 0.25) is 10.0 Å². The fourth-order valence-corrected chi connectivity index (χ4v) is 4.28. The Bertz CT molecular complexity index is 1030. The topological polar surface area (TPSA) is 80.3 Å². The van der Waals surface area contributed by atoms with Crippen LogP contribution in [-0.2, 0) is 14.3 Å². The lowest BCUT2D eigenvalue weighted by molar-refractivity contribution is -0.121. The van der Waals surface area contributed by atoms with E-state index in [1.165, 1.54) is 0 Å². The Morgan fingerprint density at radius 1 is 1.09 bits per heavy atom. The van der Waals surface area contributed by atoms with Gasteiger partial charge in [-0.25, -0.2) is 0 Å². The standard InChI is InChI=1S/C24H27Cl2N3O5/c25-17-3-5-21(19(26)14-17)33-11-1-2-23(30)27-18-4-6-22-20(15-18)29(24(31)16-34-22)8-7-28-9-12-32-13-10-28/h3-6,14-15H,1-2,7-13,16H2,(H,27,30). The number of amides is 2. The van der Waals surface area contributed by atoms with Gasteiger partial charge in [0.05, 0.1) is 30.5 Å². The average Bonchev–Trinajstić information content (AvgIpc) is 2.83. The van der Waals surface area contributed by atoms with Gasteiger partial charge in [0.1, 0.15) is 11.5 Å². The summed E-state index contributed by atoms with van der Waals surface area (Å²) in [4.78, 5) is 29.0. The van der Waals surface area contributed by atoms with Gasteiger partial charge in [-0.3, -0.25) is 14.5 Å². The van der Waals surface area contributed by atoms with Crippen LogP contribution >= 0.6 is 23.2 Å². The predicted molar refractivity (Wildman–Crippen MR) is 131 cm³/mol. The second-order valence-corrected chi connectivity index (χ2v) is 8.89. The van der Waals surface area contributed by atoms with Crippen LogP contribution in [0.1, 0.15) is 12.8 Å². The van der Waals surface area contributed by atoms with Gasteiger partial charge in [0.25, 0.3) is 5.91 Å². The molecule has 0 unspecified atom stereocenters. The summed E-state index contributed by atoms with van der Waals surface area (Å²) in [6.07, 6.45) is 0.793. The maximum absolute atomic E-state index is 12.5.